The summed E-state index contributed by atoms with van der Waals surface area (Å²) in [6.07, 6.45) is 19.6. The predicted molar refractivity (Wildman–Crippen MR) is 189 cm³/mol. The molecular formula is C38H51FN4OS. The molecule has 1 aromatic heterocycles. The number of carbonyl (C=O) groups excluding carboxylic acids is 1. The van der Waals surface area contributed by atoms with E-state index < -0.39 is 0 Å². The summed E-state index contributed by atoms with van der Waals surface area (Å²) in [5.41, 5.74) is 4.34. The number of aromatic nitrogens is 2. The fourth-order valence-electron chi connectivity index (χ4n) is 5.59. The summed E-state index contributed by atoms with van der Waals surface area (Å²) >= 11 is 1.57. The van der Waals surface area contributed by atoms with Gasteiger partial charge in [0.15, 0.2) is 0 Å². The number of nitrogens with zero attached hydrogens (tertiary/aromatic N) is 3. The summed E-state index contributed by atoms with van der Waals surface area (Å²) in [5, 5.41) is 0. The van der Waals surface area contributed by atoms with E-state index in [1.54, 1.807) is 30.2 Å². The van der Waals surface area contributed by atoms with Crippen LogP contribution in [-0.4, -0.2) is 26.4 Å². The molecule has 3 atom stereocenters. The van der Waals surface area contributed by atoms with E-state index in [9.17, 15) is 9.18 Å². The molecule has 1 amide bonds. The van der Waals surface area contributed by atoms with Crippen LogP contribution in [0.3, 0.4) is 0 Å². The summed E-state index contributed by atoms with van der Waals surface area (Å²) in [6.45, 7) is 14.8. The molecule has 1 heterocycles. The predicted octanol–water partition coefficient (Wildman–Crippen LogP) is 9.79. The number of hydrogen-bond donors (Lipinski definition) is 1. The molecule has 0 bridgehead atoms. The highest BCUT2D eigenvalue weighted by atomic mass is 32.2. The summed E-state index contributed by atoms with van der Waals surface area (Å²) in [4.78, 5) is 21.5. The first kappa shape index (κ1) is 36.1. The van der Waals surface area contributed by atoms with Crippen molar-refractivity contribution < 1.29 is 9.18 Å². The van der Waals surface area contributed by atoms with Gasteiger partial charge < -0.3 is 9.47 Å². The van der Waals surface area contributed by atoms with Crippen LogP contribution in [0.2, 0.25) is 0 Å². The normalized spacial score (nSPS) is 20.0. The summed E-state index contributed by atoms with van der Waals surface area (Å²) in [6, 6.07) is 10.5. The maximum absolute atomic E-state index is 14.0. The Bertz CT molecular complexity index is 1420. The molecular weight excluding hydrogens is 580 g/mol. The van der Waals surface area contributed by atoms with Crippen LogP contribution in [0.15, 0.2) is 108 Å². The Morgan fingerprint density at radius 2 is 2.02 bits per heavy atom. The molecule has 0 radical (unpaired) electrons. The fraction of sp³-hybridized carbons (Fsp3) is 0.421. The summed E-state index contributed by atoms with van der Waals surface area (Å²) in [7, 11) is 1.99. The van der Waals surface area contributed by atoms with Gasteiger partial charge in [0.05, 0.1) is 18.4 Å². The van der Waals surface area contributed by atoms with Crippen molar-refractivity contribution in [3.05, 3.63) is 125 Å². The molecule has 0 aliphatic heterocycles. The van der Waals surface area contributed by atoms with Gasteiger partial charge in [0.25, 0.3) is 0 Å². The Hall–Kier alpha value is -3.42. The molecule has 5 nitrogen and oxygen atoms in total. The van der Waals surface area contributed by atoms with Crippen LogP contribution in [-0.2, 0) is 18.4 Å². The molecule has 1 fully saturated rings. The van der Waals surface area contributed by atoms with Gasteiger partial charge in [-0.15, -0.1) is 0 Å². The van der Waals surface area contributed by atoms with Crippen LogP contribution >= 0.6 is 11.9 Å². The van der Waals surface area contributed by atoms with Crippen molar-refractivity contribution in [2.45, 2.75) is 91.6 Å². The van der Waals surface area contributed by atoms with Gasteiger partial charge in [0.2, 0.25) is 5.91 Å². The molecule has 242 valence electrons. The zero-order chi connectivity index (χ0) is 32.8. The number of aryl methyl sites for hydroxylation is 1. The lowest BCUT2D eigenvalue weighted by atomic mass is 9.81. The average molecular weight is 631 g/mol. The van der Waals surface area contributed by atoms with Crippen molar-refractivity contribution in [1.29, 1.82) is 0 Å². The summed E-state index contributed by atoms with van der Waals surface area (Å²) in [5.74, 6) is 1.42. The van der Waals surface area contributed by atoms with Crippen molar-refractivity contribution in [1.82, 2.24) is 19.2 Å². The van der Waals surface area contributed by atoms with Crippen molar-refractivity contribution in [2.75, 3.05) is 0 Å². The van der Waals surface area contributed by atoms with Crippen molar-refractivity contribution >= 4 is 17.9 Å². The molecule has 4 rings (SSSR count). The smallest absolute Gasteiger partial charge is 0.227 e. The second-order valence-electron chi connectivity index (χ2n) is 11.5. The Labute approximate surface area is 274 Å². The largest absolute Gasteiger partial charge is 0.334 e. The van der Waals surface area contributed by atoms with Gasteiger partial charge in [-0.25, -0.2) is 9.37 Å². The van der Waals surface area contributed by atoms with Gasteiger partial charge >= 0.3 is 0 Å². The van der Waals surface area contributed by atoms with Crippen molar-refractivity contribution in [2.24, 2.45) is 13.0 Å². The van der Waals surface area contributed by atoms with E-state index in [2.05, 4.69) is 48.3 Å². The summed E-state index contributed by atoms with van der Waals surface area (Å²) < 4.78 is 19.4. The van der Waals surface area contributed by atoms with Crippen LogP contribution in [0.4, 0.5) is 4.39 Å². The van der Waals surface area contributed by atoms with E-state index in [0.717, 1.165) is 47.8 Å². The second kappa shape index (κ2) is 18.5. The molecule has 1 N–H and O–H groups in total. The lowest BCUT2D eigenvalue weighted by molar-refractivity contribution is -0.129. The number of nitrogens with one attached hydrogen (secondary N) is 1. The van der Waals surface area contributed by atoms with E-state index in [-0.39, 0.29) is 23.7 Å². The van der Waals surface area contributed by atoms with E-state index in [4.69, 9.17) is 0 Å². The van der Waals surface area contributed by atoms with Gasteiger partial charge in [-0.2, -0.15) is 0 Å². The minimum Gasteiger partial charge on any atom is -0.334 e. The highest BCUT2D eigenvalue weighted by Gasteiger charge is 2.27. The highest BCUT2D eigenvalue weighted by Crippen LogP contribution is 2.34. The molecule has 2 aliphatic rings. The number of carbonyl (C=O) groups is 1. The highest BCUT2D eigenvalue weighted by molar-refractivity contribution is 8.01. The molecule has 45 heavy (non-hydrogen) atoms. The number of halogens is 1. The van der Waals surface area contributed by atoms with Crippen LogP contribution < -0.4 is 4.72 Å². The number of rotatable bonds is 12. The second-order valence-corrected chi connectivity index (χ2v) is 12.5. The third kappa shape index (κ3) is 10.6. The maximum atomic E-state index is 14.0. The molecule has 2 aromatic rings. The molecule has 1 aromatic carbocycles. The quantitative estimate of drug-likeness (QED) is 0.187. The van der Waals surface area contributed by atoms with E-state index in [1.807, 2.05) is 73.8 Å². The third-order valence-corrected chi connectivity index (χ3v) is 9.45. The van der Waals surface area contributed by atoms with Gasteiger partial charge in [-0.05, 0) is 85.4 Å². The average Bonchev–Trinajstić information content (AvgIpc) is 3.22. The minimum atomic E-state index is -0.204. The molecule has 0 saturated heterocycles. The van der Waals surface area contributed by atoms with Gasteiger partial charge in [0, 0.05) is 36.5 Å². The zero-order valence-corrected chi connectivity index (χ0v) is 28.7. The molecule has 0 spiro atoms. The Morgan fingerprint density at radius 3 is 2.71 bits per heavy atom. The molecule has 2 aliphatic carbocycles. The van der Waals surface area contributed by atoms with E-state index in [1.165, 1.54) is 17.2 Å². The number of benzene rings is 1. The third-order valence-electron chi connectivity index (χ3n) is 8.48. The number of amides is 1. The van der Waals surface area contributed by atoms with Crippen LogP contribution in [0.25, 0.3) is 0 Å². The Balaban J connectivity index is 0.00000271. The first-order valence-corrected chi connectivity index (χ1v) is 17.1. The van der Waals surface area contributed by atoms with Gasteiger partial charge in [-0.3, -0.25) is 9.52 Å². The Morgan fingerprint density at radius 1 is 1.27 bits per heavy atom. The number of hydrogen-bond acceptors (Lipinski definition) is 4. The maximum Gasteiger partial charge on any atom is 0.227 e. The van der Waals surface area contributed by atoms with Crippen LogP contribution in [0, 0.1) is 12.8 Å². The number of allylic oxidation sites excluding steroid dienone is 9. The SMILES string of the molecule is C=C/C=C(\C=C1/C(C)CCCC1NSC1=CC=CC(F)=CC1)N(Cc1cnc(C)n1C)C(=O)CCC(C)c1ccccc1.CC. The monoisotopic (exact) mass is 630 g/mol. The lowest BCUT2D eigenvalue weighted by Crippen LogP contribution is -2.34. The van der Waals surface area contributed by atoms with Crippen LogP contribution in [0.1, 0.15) is 89.2 Å². The number of imidazole rings is 1. The van der Waals surface area contributed by atoms with Gasteiger partial charge in [-0.1, -0.05) is 89.3 Å². The first-order valence-electron chi connectivity index (χ1n) is 16.3. The van der Waals surface area contributed by atoms with Gasteiger partial charge in [0.1, 0.15) is 11.7 Å². The Kier molecular flexibility index (Phi) is 14.8. The van der Waals surface area contributed by atoms with Crippen molar-refractivity contribution in [3.63, 3.8) is 0 Å². The van der Waals surface area contributed by atoms with Crippen LogP contribution in [0.5, 0.6) is 0 Å². The van der Waals surface area contributed by atoms with E-state index in [0.29, 0.717) is 25.3 Å². The first-order chi connectivity index (χ1) is 21.8. The molecule has 7 heteroatoms. The zero-order valence-electron chi connectivity index (χ0n) is 27.9. The fourth-order valence-corrected chi connectivity index (χ4v) is 6.45. The molecule has 1 saturated carbocycles. The standard InChI is InChI=1S/C36H45FN4OS.C2H6/c1-6-12-31(23-34-27(3)13-10-18-35(34)39-43-33-17-11-16-30(37)20-21-33)41(25-32-24-38-28(4)40(32)5)36(42)22-19-26(2)29-14-8-7-9-15-29;1-2/h6-9,11-12,14-17,20,23-24,26-27,35,39H,1,10,13,18-19,21-22,25H2,2-5H3;1-2H3/b31-12+,34-23+;. The van der Waals surface area contributed by atoms with E-state index >= 15 is 0 Å². The minimum absolute atomic E-state index is 0.0816. The lowest BCUT2D eigenvalue weighted by Gasteiger charge is -2.33. The molecule has 3 unspecified atom stereocenters. The van der Waals surface area contributed by atoms with Crippen molar-refractivity contribution in [3.8, 4) is 0 Å². The topological polar surface area (TPSA) is 50.2 Å².